The van der Waals surface area contributed by atoms with Gasteiger partial charge in [0, 0.05) is 18.7 Å². The van der Waals surface area contributed by atoms with E-state index in [1.54, 1.807) is 17.0 Å². The zero-order valence-corrected chi connectivity index (χ0v) is 16.4. The topological polar surface area (TPSA) is 46.6 Å². The predicted octanol–water partition coefficient (Wildman–Crippen LogP) is 4.87. The Morgan fingerprint density at radius 3 is 2.31 bits per heavy atom. The lowest BCUT2D eigenvalue weighted by Crippen LogP contribution is -2.28. The molecule has 0 unspecified atom stereocenters. The smallest absolute Gasteiger partial charge is 0.316 e. The molecule has 1 aliphatic rings. The molecule has 1 fully saturated rings. The Morgan fingerprint density at radius 1 is 0.931 bits per heavy atom. The molecule has 1 heterocycles. The van der Waals surface area contributed by atoms with E-state index in [9.17, 15) is 9.59 Å². The van der Waals surface area contributed by atoms with Gasteiger partial charge < -0.3 is 9.64 Å². The van der Waals surface area contributed by atoms with Gasteiger partial charge in [0.15, 0.2) is 0 Å². The number of para-hydroxylation sites is 1. The Labute approximate surface area is 170 Å². The van der Waals surface area contributed by atoms with Crippen molar-refractivity contribution in [1.29, 1.82) is 0 Å². The van der Waals surface area contributed by atoms with Crippen molar-refractivity contribution >= 4 is 17.6 Å². The second-order valence-corrected chi connectivity index (χ2v) is 7.20. The van der Waals surface area contributed by atoms with E-state index >= 15 is 0 Å². The van der Waals surface area contributed by atoms with E-state index < -0.39 is 5.92 Å². The van der Waals surface area contributed by atoms with Gasteiger partial charge in [0.25, 0.3) is 0 Å². The summed E-state index contributed by atoms with van der Waals surface area (Å²) >= 11 is 0. The third-order valence-corrected chi connectivity index (χ3v) is 5.30. The average Bonchev–Trinajstić information content (AvgIpc) is 3.16. The maximum absolute atomic E-state index is 12.6. The van der Waals surface area contributed by atoms with Crippen LogP contribution < -0.4 is 9.64 Å². The van der Waals surface area contributed by atoms with E-state index in [1.165, 1.54) is 0 Å². The Bertz CT molecular complexity index is 1010. The SMILES string of the molecule is CCc1ccccc1N1C[C@@H](C(=O)Oc2ccc(-c3ccccc3)cc2)CC1=O. The number of hydrogen-bond donors (Lipinski definition) is 0. The summed E-state index contributed by atoms with van der Waals surface area (Å²) in [5, 5.41) is 0. The molecule has 29 heavy (non-hydrogen) atoms. The number of nitrogens with zero attached hydrogens (tertiary/aromatic N) is 1. The summed E-state index contributed by atoms with van der Waals surface area (Å²) in [7, 11) is 0. The first-order valence-corrected chi connectivity index (χ1v) is 9.91. The number of benzene rings is 3. The van der Waals surface area contributed by atoms with Crippen LogP contribution in [0.1, 0.15) is 18.9 Å². The molecule has 0 bridgehead atoms. The number of carbonyl (C=O) groups is 2. The molecule has 4 heteroatoms. The molecule has 0 N–H and O–H groups in total. The van der Waals surface area contributed by atoms with E-state index in [0.29, 0.717) is 12.3 Å². The van der Waals surface area contributed by atoms with Gasteiger partial charge in [-0.1, -0.05) is 67.6 Å². The summed E-state index contributed by atoms with van der Waals surface area (Å²) in [6.45, 7) is 2.42. The molecule has 1 amide bonds. The molecule has 0 aliphatic carbocycles. The average molecular weight is 385 g/mol. The zero-order chi connectivity index (χ0) is 20.2. The third kappa shape index (κ3) is 4.06. The standard InChI is InChI=1S/C25H23NO3/c1-2-18-8-6-7-11-23(18)26-17-21(16-24(26)27)25(28)29-22-14-12-20(13-15-22)19-9-4-3-5-10-19/h3-15,21H,2,16-17H2,1H3/t21-/m0/s1. The molecule has 0 saturated carbocycles. The van der Waals surface area contributed by atoms with Crippen molar-refractivity contribution in [2.45, 2.75) is 19.8 Å². The molecule has 4 rings (SSSR count). The molecule has 0 aromatic heterocycles. The van der Waals surface area contributed by atoms with Gasteiger partial charge in [-0.2, -0.15) is 0 Å². The van der Waals surface area contributed by atoms with Gasteiger partial charge >= 0.3 is 5.97 Å². The maximum Gasteiger partial charge on any atom is 0.316 e. The van der Waals surface area contributed by atoms with Crippen LogP contribution in [0.15, 0.2) is 78.9 Å². The number of aryl methyl sites for hydroxylation is 1. The minimum atomic E-state index is -0.457. The van der Waals surface area contributed by atoms with Crippen molar-refractivity contribution in [1.82, 2.24) is 0 Å². The first kappa shape index (κ1) is 18.9. The van der Waals surface area contributed by atoms with Gasteiger partial charge in [-0.15, -0.1) is 0 Å². The zero-order valence-electron chi connectivity index (χ0n) is 16.4. The van der Waals surface area contributed by atoms with Crippen molar-refractivity contribution in [2.75, 3.05) is 11.4 Å². The molecule has 1 saturated heterocycles. The highest BCUT2D eigenvalue weighted by atomic mass is 16.5. The molecule has 0 spiro atoms. The number of anilines is 1. The molecule has 0 radical (unpaired) electrons. The van der Waals surface area contributed by atoms with Crippen LogP contribution in [0.3, 0.4) is 0 Å². The van der Waals surface area contributed by atoms with Gasteiger partial charge in [0.05, 0.1) is 5.92 Å². The maximum atomic E-state index is 12.6. The Kier molecular flexibility index (Phi) is 5.43. The number of rotatable bonds is 5. The van der Waals surface area contributed by atoms with Crippen LogP contribution in [0.5, 0.6) is 5.75 Å². The quantitative estimate of drug-likeness (QED) is 0.465. The second kappa shape index (κ2) is 8.31. The molecule has 3 aromatic carbocycles. The van der Waals surface area contributed by atoms with Gasteiger partial charge in [-0.25, -0.2) is 0 Å². The molecule has 3 aromatic rings. The Balaban J connectivity index is 1.43. The highest BCUT2D eigenvalue weighted by Crippen LogP contribution is 2.30. The molecule has 1 atom stereocenters. The number of ether oxygens (including phenoxy) is 1. The van der Waals surface area contributed by atoms with E-state index in [0.717, 1.165) is 28.8 Å². The minimum Gasteiger partial charge on any atom is -0.426 e. The highest BCUT2D eigenvalue weighted by Gasteiger charge is 2.37. The summed E-state index contributed by atoms with van der Waals surface area (Å²) in [4.78, 5) is 26.9. The van der Waals surface area contributed by atoms with E-state index in [4.69, 9.17) is 4.74 Å². The summed E-state index contributed by atoms with van der Waals surface area (Å²) < 4.78 is 5.56. The van der Waals surface area contributed by atoms with Crippen molar-refractivity contribution < 1.29 is 14.3 Å². The first-order chi connectivity index (χ1) is 14.2. The Hall–Kier alpha value is -3.40. The van der Waals surface area contributed by atoms with Crippen LogP contribution in [0.2, 0.25) is 0 Å². The van der Waals surface area contributed by atoms with E-state index in [2.05, 4.69) is 6.92 Å². The van der Waals surface area contributed by atoms with E-state index in [1.807, 2.05) is 66.7 Å². The van der Waals surface area contributed by atoms with Crippen molar-refractivity contribution in [2.24, 2.45) is 5.92 Å². The lowest BCUT2D eigenvalue weighted by molar-refractivity contribution is -0.139. The molecule has 146 valence electrons. The fraction of sp³-hybridized carbons (Fsp3) is 0.200. The van der Waals surface area contributed by atoms with E-state index in [-0.39, 0.29) is 18.3 Å². The van der Waals surface area contributed by atoms with Crippen LogP contribution >= 0.6 is 0 Å². The Morgan fingerprint density at radius 2 is 1.59 bits per heavy atom. The summed E-state index contributed by atoms with van der Waals surface area (Å²) in [6, 6.07) is 25.3. The predicted molar refractivity (Wildman–Crippen MR) is 114 cm³/mol. The van der Waals surface area contributed by atoms with Crippen molar-refractivity contribution in [3.05, 3.63) is 84.4 Å². The summed E-state index contributed by atoms with van der Waals surface area (Å²) in [5.74, 6) is -0.356. The number of hydrogen-bond acceptors (Lipinski definition) is 3. The van der Waals surface area contributed by atoms with Gasteiger partial charge in [-0.3, -0.25) is 9.59 Å². The van der Waals surface area contributed by atoms with Crippen LogP contribution in [-0.4, -0.2) is 18.4 Å². The monoisotopic (exact) mass is 385 g/mol. The number of amides is 1. The van der Waals surface area contributed by atoms with Crippen LogP contribution in [0, 0.1) is 5.92 Å². The van der Waals surface area contributed by atoms with Crippen LogP contribution in [0.25, 0.3) is 11.1 Å². The largest absolute Gasteiger partial charge is 0.426 e. The lowest BCUT2D eigenvalue weighted by atomic mass is 10.1. The van der Waals surface area contributed by atoms with Gasteiger partial charge in [-0.05, 0) is 41.3 Å². The molecular formula is C25H23NO3. The first-order valence-electron chi connectivity index (χ1n) is 9.91. The van der Waals surface area contributed by atoms with Crippen molar-refractivity contribution in [3.63, 3.8) is 0 Å². The third-order valence-electron chi connectivity index (χ3n) is 5.30. The number of carbonyl (C=O) groups excluding carboxylic acids is 2. The summed E-state index contributed by atoms with van der Waals surface area (Å²) in [6.07, 6.45) is 1.02. The molecular weight excluding hydrogens is 362 g/mol. The molecule has 4 nitrogen and oxygen atoms in total. The number of esters is 1. The normalized spacial score (nSPS) is 16.1. The minimum absolute atomic E-state index is 0.0349. The van der Waals surface area contributed by atoms with Gasteiger partial charge in [0.1, 0.15) is 5.75 Å². The lowest BCUT2D eigenvalue weighted by Gasteiger charge is -2.19. The highest BCUT2D eigenvalue weighted by molar-refractivity contribution is 6.00. The van der Waals surface area contributed by atoms with Crippen molar-refractivity contribution in [3.8, 4) is 16.9 Å². The molecule has 1 aliphatic heterocycles. The second-order valence-electron chi connectivity index (χ2n) is 7.20. The fourth-order valence-electron chi connectivity index (χ4n) is 3.72. The fourth-order valence-corrected chi connectivity index (χ4v) is 3.72. The summed E-state index contributed by atoms with van der Waals surface area (Å²) in [5.41, 5.74) is 4.16. The van der Waals surface area contributed by atoms with Crippen LogP contribution in [0.4, 0.5) is 5.69 Å². The van der Waals surface area contributed by atoms with Gasteiger partial charge in [0.2, 0.25) is 5.91 Å². The van der Waals surface area contributed by atoms with Crippen LogP contribution in [-0.2, 0) is 16.0 Å².